The Hall–Kier alpha value is -1.24. The fraction of sp³-hybridized carbons (Fsp3) is 0.154. The second kappa shape index (κ2) is 5.27. The summed E-state index contributed by atoms with van der Waals surface area (Å²) >= 11 is 11.3. The van der Waals surface area contributed by atoms with E-state index in [-0.39, 0.29) is 0 Å². The van der Waals surface area contributed by atoms with Crippen molar-refractivity contribution in [1.82, 2.24) is 15.0 Å². The average molecular weight is 371 g/mol. The van der Waals surface area contributed by atoms with Gasteiger partial charge in [-0.3, -0.25) is 0 Å². The third-order valence-electron chi connectivity index (χ3n) is 2.79. The molecule has 0 radical (unpaired) electrons. The van der Waals surface area contributed by atoms with Crippen molar-refractivity contribution in [3.05, 3.63) is 32.1 Å². The molecular formula is C13H9BrClN3OS. The van der Waals surface area contributed by atoms with Gasteiger partial charge in [-0.15, -0.1) is 11.3 Å². The maximum absolute atomic E-state index is 6.29. The predicted molar refractivity (Wildman–Crippen MR) is 84.6 cm³/mol. The molecule has 0 spiro atoms. The van der Waals surface area contributed by atoms with E-state index in [2.05, 4.69) is 30.9 Å². The molecule has 0 atom stereocenters. The Balaban J connectivity index is 2.32. The van der Waals surface area contributed by atoms with Crippen LogP contribution in [0.3, 0.4) is 0 Å². The summed E-state index contributed by atoms with van der Waals surface area (Å²) < 4.78 is 6.18. The molecule has 4 nitrogen and oxygen atoms in total. The van der Waals surface area contributed by atoms with Crippen LogP contribution in [-0.4, -0.2) is 22.1 Å². The highest BCUT2D eigenvalue weighted by Crippen LogP contribution is 2.35. The molecule has 0 unspecified atom stereocenters. The van der Waals surface area contributed by atoms with Gasteiger partial charge in [-0.1, -0.05) is 11.6 Å². The lowest BCUT2D eigenvalue weighted by atomic mass is 10.2. The van der Waals surface area contributed by atoms with Gasteiger partial charge in [-0.2, -0.15) is 0 Å². The lowest BCUT2D eigenvalue weighted by Gasteiger charge is -2.08. The average Bonchev–Trinajstić information content (AvgIpc) is 2.85. The van der Waals surface area contributed by atoms with Crippen molar-refractivity contribution in [3.8, 4) is 17.3 Å². The molecule has 2 aromatic heterocycles. The number of hydrogen-bond acceptors (Lipinski definition) is 5. The Labute approximate surface area is 132 Å². The second-order valence-electron chi connectivity index (χ2n) is 4.06. The van der Waals surface area contributed by atoms with Crippen molar-refractivity contribution in [3.63, 3.8) is 0 Å². The summed E-state index contributed by atoms with van der Waals surface area (Å²) in [6.45, 7) is 1.94. The molecule has 0 saturated carbocycles. The van der Waals surface area contributed by atoms with Crippen molar-refractivity contribution in [2.75, 3.05) is 7.11 Å². The van der Waals surface area contributed by atoms with Crippen molar-refractivity contribution in [1.29, 1.82) is 0 Å². The van der Waals surface area contributed by atoms with Gasteiger partial charge >= 0.3 is 0 Å². The molecule has 0 aliphatic heterocycles. The van der Waals surface area contributed by atoms with Crippen LogP contribution in [0, 0.1) is 6.92 Å². The maximum Gasteiger partial charge on any atom is 0.181 e. The number of fused-ring (bicyclic) bond motifs is 1. The van der Waals surface area contributed by atoms with Crippen LogP contribution in [0.25, 0.3) is 22.4 Å². The molecule has 3 aromatic rings. The minimum absolute atomic E-state index is 0.376. The first-order valence-corrected chi connectivity index (χ1v) is 7.77. The van der Waals surface area contributed by atoms with Crippen LogP contribution in [0.5, 0.6) is 5.75 Å². The highest BCUT2D eigenvalue weighted by atomic mass is 79.9. The molecule has 0 aliphatic carbocycles. The van der Waals surface area contributed by atoms with Crippen LogP contribution >= 0.6 is 38.9 Å². The standard InChI is InChI=1S/C13H9BrClN3OS/c1-6-16-8(5-20-6)13-17-11-9(19-2)4-3-7(14)10(11)12(15)18-13/h3-5H,1-2H3. The Bertz CT molecular complexity index is 806. The molecule has 102 valence electrons. The van der Waals surface area contributed by atoms with E-state index in [1.165, 1.54) is 0 Å². The van der Waals surface area contributed by atoms with E-state index < -0.39 is 0 Å². The fourth-order valence-electron chi connectivity index (χ4n) is 1.88. The molecule has 7 heteroatoms. The summed E-state index contributed by atoms with van der Waals surface area (Å²) in [4.78, 5) is 13.3. The lowest BCUT2D eigenvalue weighted by molar-refractivity contribution is 0.419. The van der Waals surface area contributed by atoms with Gasteiger partial charge in [-0.05, 0) is 35.0 Å². The number of hydrogen-bond donors (Lipinski definition) is 0. The number of thiazole rings is 1. The van der Waals surface area contributed by atoms with Crippen LogP contribution in [0.2, 0.25) is 5.15 Å². The van der Waals surface area contributed by atoms with Crippen molar-refractivity contribution < 1.29 is 4.74 Å². The number of halogens is 2. The number of methoxy groups -OCH3 is 1. The monoisotopic (exact) mass is 369 g/mol. The van der Waals surface area contributed by atoms with Crippen LogP contribution in [-0.2, 0) is 0 Å². The van der Waals surface area contributed by atoms with Crippen LogP contribution in [0.15, 0.2) is 22.0 Å². The first-order chi connectivity index (χ1) is 9.60. The number of aryl methyl sites for hydroxylation is 1. The predicted octanol–water partition coefficient (Wildman–Crippen LogP) is 4.49. The molecule has 1 aromatic carbocycles. The van der Waals surface area contributed by atoms with E-state index in [1.807, 2.05) is 24.4 Å². The van der Waals surface area contributed by atoms with Crippen molar-refractivity contribution in [2.24, 2.45) is 0 Å². The van der Waals surface area contributed by atoms with Gasteiger partial charge in [0.15, 0.2) is 5.82 Å². The summed E-state index contributed by atoms with van der Waals surface area (Å²) in [5.41, 5.74) is 1.39. The SMILES string of the molecule is COc1ccc(Br)c2c(Cl)nc(-c3csc(C)n3)nc12. The first kappa shape index (κ1) is 13.7. The number of rotatable bonds is 2. The Morgan fingerprint density at radius 2 is 2.05 bits per heavy atom. The Morgan fingerprint density at radius 1 is 1.25 bits per heavy atom. The zero-order valence-electron chi connectivity index (χ0n) is 10.6. The molecule has 0 aliphatic rings. The summed E-state index contributed by atoms with van der Waals surface area (Å²) in [5.74, 6) is 1.16. The van der Waals surface area contributed by atoms with Gasteiger partial charge in [0.25, 0.3) is 0 Å². The maximum atomic E-state index is 6.29. The lowest BCUT2D eigenvalue weighted by Crippen LogP contribution is -1.95. The second-order valence-corrected chi connectivity index (χ2v) is 6.34. The van der Waals surface area contributed by atoms with E-state index in [1.54, 1.807) is 18.4 Å². The number of ether oxygens (including phenoxy) is 1. The third-order valence-corrected chi connectivity index (χ3v) is 4.49. The molecule has 0 N–H and O–H groups in total. The highest BCUT2D eigenvalue weighted by molar-refractivity contribution is 9.10. The third kappa shape index (κ3) is 2.28. The van der Waals surface area contributed by atoms with E-state index in [4.69, 9.17) is 16.3 Å². The van der Waals surface area contributed by atoms with Crippen molar-refractivity contribution >= 4 is 49.8 Å². The zero-order valence-corrected chi connectivity index (χ0v) is 13.8. The molecular weight excluding hydrogens is 362 g/mol. The molecule has 3 rings (SSSR count). The van der Waals surface area contributed by atoms with Crippen LogP contribution in [0.1, 0.15) is 5.01 Å². The van der Waals surface area contributed by atoms with E-state index >= 15 is 0 Å². The first-order valence-electron chi connectivity index (χ1n) is 5.72. The summed E-state index contributed by atoms with van der Waals surface area (Å²) in [7, 11) is 1.60. The highest BCUT2D eigenvalue weighted by Gasteiger charge is 2.15. The number of aromatic nitrogens is 3. The van der Waals surface area contributed by atoms with Gasteiger partial charge in [0, 0.05) is 9.85 Å². The van der Waals surface area contributed by atoms with Gasteiger partial charge < -0.3 is 4.74 Å². The fourth-order valence-corrected chi connectivity index (χ4v) is 3.36. The van der Waals surface area contributed by atoms with Crippen molar-refractivity contribution in [2.45, 2.75) is 6.92 Å². The molecule has 0 bridgehead atoms. The van der Waals surface area contributed by atoms with Gasteiger partial charge in [0.05, 0.1) is 17.5 Å². The Morgan fingerprint density at radius 3 is 2.70 bits per heavy atom. The van der Waals surface area contributed by atoms with E-state index in [0.717, 1.165) is 20.6 Å². The topological polar surface area (TPSA) is 47.9 Å². The smallest absolute Gasteiger partial charge is 0.181 e. The molecule has 20 heavy (non-hydrogen) atoms. The molecule has 0 amide bonds. The van der Waals surface area contributed by atoms with Gasteiger partial charge in [0.2, 0.25) is 0 Å². The summed E-state index contributed by atoms with van der Waals surface area (Å²) in [5, 5.41) is 3.99. The van der Waals surface area contributed by atoms with E-state index in [9.17, 15) is 0 Å². The zero-order chi connectivity index (χ0) is 14.3. The minimum atomic E-state index is 0.376. The van der Waals surface area contributed by atoms with Gasteiger partial charge in [0.1, 0.15) is 22.1 Å². The number of benzene rings is 1. The largest absolute Gasteiger partial charge is 0.494 e. The van der Waals surface area contributed by atoms with Crippen LogP contribution < -0.4 is 4.74 Å². The molecule has 2 heterocycles. The van der Waals surface area contributed by atoms with Gasteiger partial charge in [-0.25, -0.2) is 15.0 Å². The molecule has 0 saturated heterocycles. The molecule has 0 fully saturated rings. The van der Waals surface area contributed by atoms with Crippen LogP contribution in [0.4, 0.5) is 0 Å². The Kier molecular flexibility index (Phi) is 3.62. The number of nitrogens with zero attached hydrogens (tertiary/aromatic N) is 3. The quantitative estimate of drug-likeness (QED) is 0.624. The van der Waals surface area contributed by atoms with E-state index in [0.29, 0.717) is 22.2 Å². The summed E-state index contributed by atoms with van der Waals surface area (Å²) in [6.07, 6.45) is 0. The minimum Gasteiger partial charge on any atom is -0.494 e. The summed E-state index contributed by atoms with van der Waals surface area (Å²) in [6, 6.07) is 3.70. The normalized spacial score (nSPS) is 11.0.